The lowest BCUT2D eigenvalue weighted by Gasteiger charge is -2.54. The van der Waals surface area contributed by atoms with Crippen LogP contribution in [0.5, 0.6) is 5.75 Å². The molecule has 1 saturated carbocycles. The number of guanidine groups is 1. The van der Waals surface area contributed by atoms with Crippen molar-refractivity contribution >= 4 is 5.96 Å². The van der Waals surface area contributed by atoms with Gasteiger partial charge in [-0.25, -0.2) is 0 Å². The fraction of sp³-hybridized carbons (Fsp3) is 0.682. The third-order valence-electron chi connectivity index (χ3n) is 5.70. The van der Waals surface area contributed by atoms with E-state index in [1.54, 1.807) is 0 Å². The maximum Gasteiger partial charge on any atom is 0.191 e. The first-order valence-electron chi connectivity index (χ1n) is 9.99. The fourth-order valence-electron chi connectivity index (χ4n) is 4.37. The first-order valence-corrected chi connectivity index (χ1v) is 9.99. The molecule has 5 heteroatoms. The fourth-order valence-corrected chi connectivity index (χ4v) is 4.37. The van der Waals surface area contributed by atoms with Crippen molar-refractivity contribution in [2.75, 3.05) is 13.7 Å². The molecule has 150 valence electrons. The summed E-state index contributed by atoms with van der Waals surface area (Å²) >= 11 is 0. The summed E-state index contributed by atoms with van der Waals surface area (Å²) in [5.74, 6) is 2.34. The Kier molecular flexibility index (Phi) is 5.44. The molecule has 2 N–H and O–H groups in total. The van der Waals surface area contributed by atoms with E-state index >= 15 is 0 Å². The van der Waals surface area contributed by atoms with Crippen molar-refractivity contribution in [3.05, 3.63) is 29.3 Å². The summed E-state index contributed by atoms with van der Waals surface area (Å²) in [7, 11) is 1.82. The van der Waals surface area contributed by atoms with Crippen LogP contribution in [0.25, 0.3) is 0 Å². The van der Waals surface area contributed by atoms with Gasteiger partial charge < -0.3 is 20.1 Å². The van der Waals surface area contributed by atoms with Crippen molar-refractivity contribution in [1.29, 1.82) is 0 Å². The Hall–Kier alpha value is -1.75. The second-order valence-corrected chi connectivity index (χ2v) is 9.44. The van der Waals surface area contributed by atoms with Crippen LogP contribution >= 0.6 is 0 Å². The highest BCUT2D eigenvalue weighted by Crippen LogP contribution is 2.52. The van der Waals surface area contributed by atoms with Gasteiger partial charge in [0.1, 0.15) is 11.4 Å². The van der Waals surface area contributed by atoms with Crippen molar-refractivity contribution in [2.45, 2.75) is 72.3 Å². The van der Waals surface area contributed by atoms with Crippen LogP contribution in [-0.2, 0) is 11.3 Å². The number of nitrogens with one attached hydrogen (secondary N) is 2. The summed E-state index contributed by atoms with van der Waals surface area (Å²) in [6.07, 6.45) is 1.50. The Morgan fingerprint density at radius 2 is 2.07 bits per heavy atom. The van der Waals surface area contributed by atoms with E-state index in [1.807, 2.05) is 7.05 Å². The summed E-state index contributed by atoms with van der Waals surface area (Å²) < 4.78 is 12.1. The smallest absolute Gasteiger partial charge is 0.191 e. The molecule has 1 heterocycles. The van der Waals surface area contributed by atoms with Gasteiger partial charge in [-0.15, -0.1) is 0 Å². The van der Waals surface area contributed by atoms with E-state index in [9.17, 15) is 0 Å². The Bertz CT molecular complexity index is 706. The van der Waals surface area contributed by atoms with Crippen molar-refractivity contribution in [3.8, 4) is 5.75 Å². The summed E-state index contributed by atoms with van der Waals surface area (Å²) in [5, 5.41) is 7.10. The molecule has 2 fully saturated rings. The predicted octanol–water partition coefficient (Wildman–Crippen LogP) is 3.65. The minimum atomic E-state index is -0.226. The number of benzene rings is 1. The number of nitrogens with zero attached hydrogens (tertiary/aromatic N) is 1. The molecule has 1 aromatic carbocycles. The van der Waals surface area contributed by atoms with E-state index in [0.29, 0.717) is 24.6 Å². The van der Waals surface area contributed by atoms with Gasteiger partial charge in [0.2, 0.25) is 0 Å². The van der Waals surface area contributed by atoms with Crippen LogP contribution in [0.4, 0.5) is 0 Å². The molecule has 27 heavy (non-hydrogen) atoms. The molecule has 3 unspecified atom stereocenters. The largest absolute Gasteiger partial charge is 0.488 e. The van der Waals surface area contributed by atoms with Crippen molar-refractivity contribution < 1.29 is 9.47 Å². The molecular weight excluding hydrogens is 338 g/mol. The lowest BCUT2D eigenvalue weighted by atomic mass is 9.57. The van der Waals surface area contributed by atoms with Crippen molar-refractivity contribution in [3.63, 3.8) is 0 Å². The number of hydrogen-bond donors (Lipinski definition) is 2. The number of ether oxygens (including phenoxy) is 2. The maximum atomic E-state index is 6.17. The van der Waals surface area contributed by atoms with E-state index in [1.165, 1.54) is 5.56 Å². The average Bonchev–Trinajstić information content (AvgIpc) is 3.02. The lowest BCUT2D eigenvalue weighted by Crippen LogP contribution is -2.67. The van der Waals surface area contributed by atoms with Crippen LogP contribution in [0, 0.1) is 18.3 Å². The zero-order valence-corrected chi connectivity index (χ0v) is 17.8. The van der Waals surface area contributed by atoms with Crippen LogP contribution in [0.15, 0.2) is 23.2 Å². The van der Waals surface area contributed by atoms with Gasteiger partial charge in [-0.1, -0.05) is 26.0 Å². The normalized spacial score (nSPS) is 26.9. The Morgan fingerprint density at radius 1 is 1.33 bits per heavy atom. The molecule has 1 aliphatic heterocycles. The average molecular weight is 374 g/mol. The second kappa shape index (κ2) is 7.34. The molecule has 5 nitrogen and oxygen atoms in total. The quantitative estimate of drug-likeness (QED) is 0.625. The predicted molar refractivity (Wildman–Crippen MR) is 110 cm³/mol. The SMILES string of the molecule is CN=C(NCc1ccc(C)cc1OC(C)(C)C)NC1C2CCOC2C1(C)C. The second-order valence-electron chi connectivity index (χ2n) is 9.44. The van der Waals surface area contributed by atoms with Crippen LogP contribution in [-0.4, -0.2) is 37.4 Å². The topological polar surface area (TPSA) is 54.9 Å². The van der Waals surface area contributed by atoms with Gasteiger partial charge in [-0.2, -0.15) is 0 Å². The molecular formula is C22H35N3O2. The third kappa shape index (κ3) is 4.23. The number of fused-ring (bicyclic) bond motifs is 1. The monoisotopic (exact) mass is 373 g/mol. The molecule has 1 saturated heterocycles. The highest BCUT2D eigenvalue weighted by atomic mass is 16.5. The van der Waals surface area contributed by atoms with Crippen LogP contribution in [0.3, 0.4) is 0 Å². The van der Waals surface area contributed by atoms with E-state index in [2.05, 4.69) is 75.4 Å². The molecule has 3 rings (SSSR count). The molecule has 1 aromatic rings. The van der Waals surface area contributed by atoms with Crippen LogP contribution in [0.1, 0.15) is 52.2 Å². The zero-order valence-electron chi connectivity index (χ0n) is 17.8. The molecule has 0 amide bonds. The molecule has 0 spiro atoms. The summed E-state index contributed by atoms with van der Waals surface area (Å²) in [6, 6.07) is 6.75. The summed E-state index contributed by atoms with van der Waals surface area (Å²) in [5.41, 5.74) is 2.23. The highest BCUT2D eigenvalue weighted by molar-refractivity contribution is 5.80. The lowest BCUT2D eigenvalue weighted by molar-refractivity contribution is -0.106. The number of rotatable bonds is 4. The molecule has 1 aliphatic carbocycles. The molecule has 0 radical (unpaired) electrons. The van der Waals surface area contributed by atoms with Gasteiger partial charge in [-0.05, 0) is 45.7 Å². The number of aryl methyl sites for hydroxylation is 1. The van der Waals surface area contributed by atoms with E-state index in [0.717, 1.165) is 30.3 Å². The van der Waals surface area contributed by atoms with Gasteiger partial charge in [0.05, 0.1) is 6.10 Å². The molecule has 0 bridgehead atoms. The standard InChI is InChI=1S/C22H35N3O2/c1-14-8-9-15(17(12-14)27-21(2,3)4)13-24-20(23-7)25-18-16-10-11-26-19(16)22(18,5)6/h8-9,12,16,18-19H,10-11,13H2,1-7H3,(H2,23,24,25). The van der Waals surface area contributed by atoms with E-state index < -0.39 is 0 Å². The van der Waals surface area contributed by atoms with E-state index in [-0.39, 0.29) is 11.0 Å². The summed E-state index contributed by atoms with van der Waals surface area (Å²) in [4.78, 5) is 4.44. The Morgan fingerprint density at radius 3 is 2.74 bits per heavy atom. The first kappa shape index (κ1) is 20.0. The van der Waals surface area contributed by atoms with Crippen molar-refractivity contribution in [1.82, 2.24) is 10.6 Å². The molecule has 3 atom stereocenters. The van der Waals surface area contributed by atoms with Gasteiger partial charge in [0, 0.05) is 43.1 Å². The van der Waals surface area contributed by atoms with Gasteiger partial charge in [-0.3, -0.25) is 4.99 Å². The van der Waals surface area contributed by atoms with Crippen LogP contribution in [0.2, 0.25) is 0 Å². The minimum absolute atomic E-state index is 0.128. The summed E-state index contributed by atoms with van der Waals surface area (Å²) in [6.45, 7) is 14.4. The molecule has 0 aromatic heterocycles. The Labute approximate surface area is 163 Å². The Balaban J connectivity index is 1.65. The maximum absolute atomic E-state index is 6.17. The minimum Gasteiger partial charge on any atom is -0.488 e. The number of aliphatic imine (C=N–C) groups is 1. The van der Waals surface area contributed by atoms with Gasteiger partial charge >= 0.3 is 0 Å². The zero-order chi connectivity index (χ0) is 19.8. The van der Waals surface area contributed by atoms with Gasteiger partial charge in [0.25, 0.3) is 0 Å². The molecule has 2 aliphatic rings. The van der Waals surface area contributed by atoms with Gasteiger partial charge in [0.15, 0.2) is 5.96 Å². The third-order valence-corrected chi connectivity index (χ3v) is 5.70. The van der Waals surface area contributed by atoms with Crippen molar-refractivity contribution in [2.24, 2.45) is 16.3 Å². The van der Waals surface area contributed by atoms with E-state index in [4.69, 9.17) is 9.47 Å². The van der Waals surface area contributed by atoms with Crippen LogP contribution < -0.4 is 15.4 Å². The highest BCUT2D eigenvalue weighted by Gasteiger charge is 2.59. The first-order chi connectivity index (χ1) is 12.6. The number of hydrogen-bond acceptors (Lipinski definition) is 3.